The highest BCUT2D eigenvalue weighted by Gasteiger charge is 2.03. The second kappa shape index (κ2) is 5.56. The van der Waals surface area contributed by atoms with Gasteiger partial charge in [-0.05, 0) is 18.6 Å². The molecular weight excluding hydrogens is 166 g/mol. The Morgan fingerprint density at radius 3 is 2.62 bits per heavy atom. The Morgan fingerprint density at radius 1 is 1.38 bits per heavy atom. The van der Waals surface area contributed by atoms with E-state index in [0.717, 1.165) is 12.2 Å². The molecule has 2 N–H and O–H groups in total. The quantitative estimate of drug-likeness (QED) is 0.673. The molecule has 0 aliphatic heterocycles. The molecule has 3 nitrogen and oxygen atoms in total. The summed E-state index contributed by atoms with van der Waals surface area (Å²) in [7, 11) is 0. The second-order valence-electron chi connectivity index (χ2n) is 2.82. The van der Waals surface area contributed by atoms with Crippen LogP contribution >= 0.6 is 0 Å². The molecule has 1 aromatic carbocycles. The van der Waals surface area contributed by atoms with Gasteiger partial charge in [0.05, 0.1) is 12.6 Å². The maximum Gasteiger partial charge on any atom is 0.147 e. The smallest absolute Gasteiger partial charge is 0.147 e. The fourth-order valence-electron chi connectivity index (χ4n) is 0.890. The molecule has 0 radical (unpaired) electrons. The van der Waals surface area contributed by atoms with E-state index in [1.54, 1.807) is 0 Å². The van der Waals surface area contributed by atoms with Gasteiger partial charge >= 0.3 is 0 Å². The number of nitrogens with one attached hydrogen (secondary N) is 1. The van der Waals surface area contributed by atoms with Crippen molar-refractivity contribution < 1.29 is 9.94 Å². The van der Waals surface area contributed by atoms with Gasteiger partial charge in [-0.2, -0.15) is 5.48 Å². The summed E-state index contributed by atoms with van der Waals surface area (Å²) < 4.78 is 0. The van der Waals surface area contributed by atoms with E-state index in [4.69, 9.17) is 9.94 Å². The lowest BCUT2D eigenvalue weighted by molar-refractivity contribution is 0.111. The predicted octanol–water partition coefficient (Wildman–Crippen LogP) is 1.34. The van der Waals surface area contributed by atoms with E-state index >= 15 is 0 Å². The summed E-state index contributed by atoms with van der Waals surface area (Å²) in [5, 5.41) is 8.86. The first kappa shape index (κ1) is 10.0. The molecule has 1 aromatic rings. The van der Waals surface area contributed by atoms with Crippen molar-refractivity contribution in [1.29, 1.82) is 0 Å². The summed E-state index contributed by atoms with van der Waals surface area (Å²) in [4.78, 5) is 5.24. The SMILES string of the molecule is CCC(CO)NOc1ccccc1. The van der Waals surface area contributed by atoms with E-state index < -0.39 is 0 Å². The van der Waals surface area contributed by atoms with Crippen molar-refractivity contribution in [2.45, 2.75) is 19.4 Å². The Labute approximate surface area is 78.3 Å². The molecule has 13 heavy (non-hydrogen) atoms. The number of aliphatic hydroxyl groups is 1. The van der Waals surface area contributed by atoms with Gasteiger partial charge in [0.25, 0.3) is 0 Å². The van der Waals surface area contributed by atoms with Crippen molar-refractivity contribution in [1.82, 2.24) is 5.48 Å². The molecule has 1 rings (SSSR count). The van der Waals surface area contributed by atoms with E-state index in [1.165, 1.54) is 0 Å². The third-order valence-corrected chi connectivity index (χ3v) is 1.80. The van der Waals surface area contributed by atoms with Gasteiger partial charge in [0.15, 0.2) is 0 Å². The van der Waals surface area contributed by atoms with E-state index in [0.29, 0.717) is 0 Å². The average Bonchev–Trinajstić information content (AvgIpc) is 2.21. The standard InChI is InChI=1S/C10H15NO2/c1-2-9(8-12)11-13-10-6-4-3-5-7-10/h3-7,9,11-12H,2,8H2,1H3. The number of hydroxylamine groups is 1. The highest BCUT2D eigenvalue weighted by molar-refractivity contribution is 5.20. The van der Waals surface area contributed by atoms with E-state index in [9.17, 15) is 0 Å². The number of rotatable bonds is 5. The lowest BCUT2D eigenvalue weighted by Gasteiger charge is -2.14. The highest BCUT2D eigenvalue weighted by atomic mass is 16.6. The molecular formula is C10H15NO2. The van der Waals surface area contributed by atoms with E-state index in [-0.39, 0.29) is 12.6 Å². The van der Waals surface area contributed by atoms with Gasteiger partial charge in [-0.25, -0.2) is 0 Å². The van der Waals surface area contributed by atoms with Crippen LogP contribution in [0.25, 0.3) is 0 Å². The van der Waals surface area contributed by atoms with Crippen LogP contribution in [-0.4, -0.2) is 17.8 Å². The average molecular weight is 181 g/mol. The van der Waals surface area contributed by atoms with Crippen LogP contribution in [0.2, 0.25) is 0 Å². The number of aliphatic hydroxyl groups excluding tert-OH is 1. The Bertz CT molecular complexity index is 222. The summed E-state index contributed by atoms with van der Waals surface area (Å²) in [5.74, 6) is 0.759. The van der Waals surface area contributed by atoms with Crippen LogP contribution in [0.3, 0.4) is 0 Å². The van der Waals surface area contributed by atoms with Crippen molar-refractivity contribution in [2.75, 3.05) is 6.61 Å². The minimum absolute atomic E-state index is 0.000191. The molecule has 0 aliphatic rings. The first-order chi connectivity index (χ1) is 6.36. The second-order valence-corrected chi connectivity index (χ2v) is 2.82. The van der Waals surface area contributed by atoms with Crippen molar-refractivity contribution >= 4 is 0 Å². The molecule has 1 atom stereocenters. The van der Waals surface area contributed by atoms with Gasteiger partial charge < -0.3 is 9.94 Å². The Hall–Kier alpha value is -1.06. The zero-order chi connectivity index (χ0) is 9.52. The summed E-state index contributed by atoms with van der Waals surface area (Å²) in [5.41, 5.74) is 2.79. The van der Waals surface area contributed by atoms with Crippen LogP contribution in [0.4, 0.5) is 0 Å². The van der Waals surface area contributed by atoms with Gasteiger partial charge in [0.2, 0.25) is 0 Å². The van der Waals surface area contributed by atoms with Gasteiger partial charge in [-0.15, -0.1) is 0 Å². The summed E-state index contributed by atoms with van der Waals surface area (Å²) in [6.45, 7) is 2.07. The van der Waals surface area contributed by atoms with Crippen LogP contribution < -0.4 is 10.3 Å². The molecule has 0 saturated carbocycles. The monoisotopic (exact) mass is 181 g/mol. The zero-order valence-electron chi connectivity index (χ0n) is 7.73. The van der Waals surface area contributed by atoms with Crippen molar-refractivity contribution in [2.24, 2.45) is 0 Å². The third-order valence-electron chi connectivity index (χ3n) is 1.80. The van der Waals surface area contributed by atoms with Crippen LogP contribution in [0.15, 0.2) is 30.3 Å². The largest absolute Gasteiger partial charge is 0.408 e. The molecule has 72 valence electrons. The lowest BCUT2D eigenvalue weighted by Crippen LogP contribution is -2.34. The fraction of sp³-hybridized carbons (Fsp3) is 0.400. The molecule has 0 heterocycles. The van der Waals surface area contributed by atoms with Gasteiger partial charge in [-0.3, -0.25) is 0 Å². The van der Waals surface area contributed by atoms with Crippen LogP contribution in [0.1, 0.15) is 13.3 Å². The maximum atomic E-state index is 8.86. The number of hydrogen-bond acceptors (Lipinski definition) is 3. The van der Waals surface area contributed by atoms with Gasteiger partial charge in [0.1, 0.15) is 5.75 Å². The van der Waals surface area contributed by atoms with Crippen LogP contribution in [0, 0.1) is 0 Å². The summed E-state index contributed by atoms with van der Waals surface area (Å²) in [6, 6.07) is 9.44. The molecule has 3 heteroatoms. The van der Waals surface area contributed by atoms with E-state index in [1.807, 2.05) is 37.3 Å². The third kappa shape index (κ3) is 3.44. The van der Waals surface area contributed by atoms with Crippen molar-refractivity contribution in [3.8, 4) is 5.75 Å². The number of hydrogen-bond donors (Lipinski definition) is 2. The minimum Gasteiger partial charge on any atom is -0.408 e. The summed E-state index contributed by atoms with van der Waals surface area (Å²) in [6.07, 6.45) is 0.837. The van der Waals surface area contributed by atoms with Crippen molar-refractivity contribution in [3.63, 3.8) is 0 Å². The molecule has 0 bridgehead atoms. The maximum absolute atomic E-state index is 8.86. The van der Waals surface area contributed by atoms with Crippen molar-refractivity contribution in [3.05, 3.63) is 30.3 Å². The molecule has 0 aliphatic carbocycles. The molecule has 0 fully saturated rings. The first-order valence-electron chi connectivity index (χ1n) is 4.45. The number of benzene rings is 1. The molecule has 0 aromatic heterocycles. The zero-order valence-corrected chi connectivity index (χ0v) is 7.73. The number of para-hydroxylation sites is 1. The molecule has 1 unspecified atom stereocenters. The fourth-order valence-corrected chi connectivity index (χ4v) is 0.890. The minimum atomic E-state index is 0.000191. The Kier molecular flexibility index (Phi) is 4.29. The normalized spacial score (nSPS) is 12.5. The Balaban J connectivity index is 2.34. The molecule has 0 spiro atoms. The first-order valence-corrected chi connectivity index (χ1v) is 4.45. The van der Waals surface area contributed by atoms with Crippen LogP contribution in [0.5, 0.6) is 5.75 Å². The lowest BCUT2D eigenvalue weighted by atomic mass is 10.3. The van der Waals surface area contributed by atoms with Crippen LogP contribution in [-0.2, 0) is 0 Å². The predicted molar refractivity (Wildman–Crippen MR) is 51.4 cm³/mol. The highest BCUT2D eigenvalue weighted by Crippen LogP contribution is 2.06. The summed E-state index contributed by atoms with van der Waals surface area (Å²) >= 11 is 0. The topological polar surface area (TPSA) is 41.5 Å². The van der Waals surface area contributed by atoms with Gasteiger partial charge in [-0.1, -0.05) is 25.1 Å². The Morgan fingerprint density at radius 2 is 2.08 bits per heavy atom. The molecule has 0 amide bonds. The van der Waals surface area contributed by atoms with E-state index in [2.05, 4.69) is 5.48 Å². The molecule has 0 saturated heterocycles. The van der Waals surface area contributed by atoms with Gasteiger partial charge in [0, 0.05) is 0 Å².